The number of fused-ring (bicyclic) bond motifs is 2. The van der Waals surface area contributed by atoms with Crippen LogP contribution in [0.4, 0.5) is 0 Å². The number of ether oxygens (including phenoxy) is 4. The van der Waals surface area contributed by atoms with E-state index in [0.29, 0.717) is 47.3 Å². The lowest BCUT2D eigenvalue weighted by atomic mass is 9.93. The molecule has 1 fully saturated rings. The van der Waals surface area contributed by atoms with E-state index in [1.165, 1.54) is 4.90 Å². The van der Waals surface area contributed by atoms with Gasteiger partial charge in [-0.2, -0.15) is 0 Å². The molecule has 1 atom stereocenters. The molecule has 1 aliphatic carbocycles. The topological polar surface area (TPSA) is 98.7 Å². The molecule has 1 unspecified atom stereocenters. The van der Waals surface area contributed by atoms with Crippen molar-refractivity contribution in [2.45, 2.75) is 13.0 Å². The highest BCUT2D eigenvalue weighted by Gasteiger charge is 2.38. The van der Waals surface area contributed by atoms with Gasteiger partial charge >= 0.3 is 0 Å². The SMILES string of the molecule is COc1ccc(CCNC(=O)c2ccc(CN3C(=O)C4C=C5OCOC5=CC4=NC3=S)cc2)cc1OC. The quantitative estimate of drug-likeness (QED) is 0.535. The smallest absolute Gasteiger partial charge is 0.251 e. The first kappa shape index (κ1) is 24.5. The minimum absolute atomic E-state index is 0.121. The second-order valence-corrected chi connectivity index (χ2v) is 8.92. The van der Waals surface area contributed by atoms with Gasteiger partial charge in [0.15, 0.2) is 23.0 Å². The summed E-state index contributed by atoms with van der Waals surface area (Å²) in [6, 6.07) is 12.8. The van der Waals surface area contributed by atoms with Crippen molar-refractivity contribution in [3.63, 3.8) is 0 Å². The predicted octanol–water partition coefficient (Wildman–Crippen LogP) is 3.15. The number of hydrogen-bond acceptors (Lipinski definition) is 7. The molecular formula is C27H25N3O6S. The van der Waals surface area contributed by atoms with E-state index in [1.807, 2.05) is 30.3 Å². The molecule has 2 aromatic carbocycles. The van der Waals surface area contributed by atoms with Crippen LogP contribution in [-0.4, -0.2) is 55.1 Å². The molecule has 37 heavy (non-hydrogen) atoms. The minimum atomic E-state index is -0.567. The number of aliphatic imine (C=N–C) groups is 1. The van der Waals surface area contributed by atoms with Crippen molar-refractivity contribution < 1.29 is 28.5 Å². The molecule has 0 bridgehead atoms. The number of rotatable bonds is 8. The van der Waals surface area contributed by atoms with Crippen molar-refractivity contribution in [3.8, 4) is 11.5 Å². The van der Waals surface area contributed by atoms with E-state index >= 15 is 0 Å². The van der Waals surface area contributed by atoms with Crippen LogP contribution >= 0.6 is 12.2 Å². The average Bonchev–Trinajstić information content (AvgIpc) is 3.37. The van der Waals surface area contributed by atoms with Crippen LogP contribution in [0.25, 0.3) is 0 Å². The van der Waals surface area contributed by atoms with Crippen molar-refractivity contribution in [3.05, 3.63) is 82.8 Å². The number of nitrogens with zero attached hydrogens (tertiary/aromatic N) is 2. The molecule has 1 saturated heterocycles. The highest BCUT2D eigenvalue weighted by Crippen LogP contribution is 2.31. The Morgan fingerprint density at radius 1 is 1.08 bits per heavy atom. The molecule has 0 spiro atoms. The summed E-state index contributed by atoms with van der Waals surface area (Å²) in [6.07, 6.45) is 4.06. The van der Waals surface area contributed by atoms with Gasteiger partial charge in [0.05, 0.1) is 26.5 Å². The number of carbonyl (C=O) groups excluding carboxylic acids is 2. The van der Waals surface area contributed by atoms with E-state index in [1.54, 1.807) is 38.5 Å². The number of benzene rings is 2. The Kier molecular flexibility index (Phi) is 6.91. The number of hydrogen-bond donors (Lipinski definition) is 1. The van der Waals surface area contributed by atoms with Crippen molar-refractivity contribution in [2.24, 2.45) is 10.9 Å². The summed E-state index contributed by atoms with van der Waals surface area (Å²) in [5, 5.41) is 3.13. The van der Waals surface area contributed by atoms with E-state index in [2.05, 4.69) is 10.3 Å². The van der Waals surface area contributed by atoms with Crippen LogP contribution in [0, 0.1) is 5.92 Å². The van der Waals surface area contributed by atoms with Crippen LogP contribution in [0.1, 0.15) is 21.5 Å². The predicted molar refractivity (Wildman–Crippen MR) is 139 cm³/mol. The van der Waals surface area contributed by atoms with Gasteiger partial charge in [0.25, 0.3) is 5.91 Å². The van der Waals surface area contributed by atoms with Crippen LogP contribution in [0.5, 0.6) is 11.5 Å². The third-order valence-electron chi connectivity index (χ3n) is 6.28. The molecular weight excluding hydrogens is 494 g/mol. The Morgan fingerprint density at radius 2 is 1.81 bits per heavy atom. The van der Waals surface area contributed by atoms with E-state index in [9.17, 15) is 9.59 Å². The van der Waals surface area contributed by atoms with Crippen LogP contribution in [0.3, 0.4) is 0 Å². The van der Waals surface area contributed by atoms with Gasteiger partial charge in [-0.1, -0.05) is 18.2 Å². The van der Waals surface area contributed by atoms with Gasteiger partial charge in [0.1, 0.15) is 5.92 Å². The number of amides is 2. The maximum atomic E-state index is 13.2. The summed E-state index contributed by atoms with van der Waals surface area (Å²) >= 11 is 5.39. The zero-order chi connectivity index (χ0) is 25.9. The standard InChI is InChI=1S/C27H25N3O6S/c1-33-21-8-5-16(11-22(21)34-2)9-10-28-25(31)18-6-3-17(4-7-18)14-30-26(32)19-12-23-24(36-15-35-23)13-20(19)29-27(30)37/h3-8,11-13,19H,9-10,14-15H2,1-2H3,(H,28,31). The van der Waals surface area contributed by atoms with E-state index in [4.69, 9.17) is 31.2 Å². The minimum Gasteiger partial charge on any atom is -0.493 e. The lowest BCUT2D eigenvalue weighted by molar-refractivity contribution is -0.129. The molecule has 0 saturated carbocycles. The van der Waals surface area contributed by atoms with E-state index < -0.39 is 5.92 Å². The Bertz CT molecular complexity index is 1350. The average molecular weight is 520 g/mol. The summed E-state index contributed by atoms with van der Waals surface area (Å²) in [5.41, 5.74) is 2.93. The summed E-state index contributed by atoms with van der Waals surface area (Å²) in [5.74, 6) is 1.50. The molecule has 1 N–H and O–H groups in total. The zero-order valence-corrected chi connectivity index (χ0v) is 21.2. The van der Waals surface area contributed by atoms with Gasteiger partial charge in [-0.3, -0.25) is 14.5 Å². The summed E-state index contributed by atoms with van der Waals surface area (Å²) in [4.78, 5) is 31.7. The van der Waals surface area contributed by atoms with E-state index in [0.717, 1.165) is 11.1 Å². The van der Waals surface area contributed by atoms with Gasteiger partial charge in [-0.15, -0.1) is 0 Å². The molecule has 2 aliphatic heterocycles. The maximum Gasteiger partial charge on any atom is 0.251 e. The van der Waals surface area contributed by atoms with Gasteiger partial charge in [0, 0.05) is 18.2 Å². The second kappa shape index (κ2) is 10.4. The number of carbonyl (C=O) groups is 2. The number of allylic oxidation sites excluding steroid dienone is 1. The van der Waals surface area contributed by atoms with Crippen molar-refractivity contribution in [1.29, 1.82) is 0 Å². The molecule has 0 aromatic heterocycles. The molecule has 190 valence electrons. The van der Waals surface area contributed by atoms with Crippen molar-refractivity contribution >= 4 is 34.9 Å². The Morgan fingerprint density at radius 3 is 2.57 bits per heavy atom. The largest absolute Gasteiger partial charge is 0.493 e. The fourth-order valence-corrected chi connectivity index (χ4v) is 4.54. The third kappa shape index (κ3) is 5.05. The normalized spacial score (nSPS) is 17.9. The van der Waals surface area contributed by atoms with Crippen LogP contribution in [-0.2, 0) is 27.2 Å². The van der Waals surface area contributed by atoms with E-state index in [-0.39, 0.29) is 30.3 Å². The van der Waals surface area contributed by atoms with Gasteiger partial charge in [0.2, 0.25) is 17.8 Å². The number of thiocarbonyl (C=S) groups is 1. The Hall–Kier alpha value is -4.18. The molecule has 2 amide bonds. The van der Waals surface area contributed by atoms with Crippen molar-refractivity contribution in [1.82, 2.24) is 10.2 Å². The summed E-state index contributed by atoms with van der Waals surface area (Å²) in [7, 11) is 3.18. The lowest BCUT2D eigenvalue weighted by Gasteiger charge is -2.30. The third-order valence-corrected chi connectivity index (χ3v) is 6.59. The van der Waals surface area contributed by atoms with Crippen LogP contribution in [0.2, 0.25) is 0 Å². The number of methoxy groups -OCH3 is 2. The molecule has 3 aliphatic rings. The molecule has 10 heteroatoms. The second-order valence-electron chi connectivity index (χ2n) is 8.56. The first-order chi connectivity index (χ1) is 18.0. The highest BCUT2D eigenvalue weighted by atomic mass is 32.1. The van der Waals surface area contributed by atoms with Gasteiger partial charge in [-0.05, 0) is 60.1 Å². The maximum absolute atomic E-state index is 13.2. The van der Waals surface area contributed by atoms with Crippen molar-refractivity contribution in [2.75, 3.05) is 27.6 Å². The summed E-state index contributed by atoms with van der Waals surface area (Å²) < 4.78 is 21.4. The van der Waals surface area contributed by atoms with Crippen LogP contribution in [0.15, 0.2) is 71.1 Å². The lowest BCUT2D eigenvalue weighted by Crippen LogP contribution is -2.45. The van der Waals surface area contributed by atoms with Gasteiger partial charge < -0.3 is 24.3 Å². The molecule has 0 radical (unpaired) electrons. The first-order valence-electron chi connectivity index (χ1n) is 11.7. The molecule has 9 nitrogen and oxygen atoms in total. The fourth-order valence-electron chi connectivity index (χ4n) is 4.28. The van der Waals surface area contributed by atoms with Gasteiger partial charge in [-0.25, -0.2) is 4.99 Å². The Labute approximate surface area is 219 Å². The number of nitrogens with one attached hydrogen (secondary N) is 1. The molecule has 2 heterocycles. The molecule has 5 rings (SSSR count). The zero-order valence-electron chi connectivity index (χ0n) is 20.4. The first-order valence-corrected chi connectivity index (χ1v) is 12.1. The Balaban J connectivity index is 1.18. The molecule has 2 aromatic rings. The summed E-state index contributed by atoms with van der Waals surface area (Å²) in [6.45, 7) is 0.841. The monoisotopic (exact) mass is 519 g/mol. The highest BCUT2D eigenvalue weighted by molar-refractivity contribution is 7.80. The van der Waals surface area contributed by atoms with Crippen LogP contribution < -0.4 is 14.8 Å². The fraction of sp³-hybridized carbons (Fsp3) is 0.259.